The number of hydrogen-bond acceptors (Lipinski definition) is 1. The molecule has 2 aliphatic rings. The van der Waals surface area contributed by atoms with Gasteiger partial charge in [-0.25, -0.2) is 0 Å². The summed E-state index contributed by atoms with van der Waals surface area (Å²) < 4.78 is 6.44. The Kier molecular flexibility index (Phi) is 8.43. The second kappa shape index (κ2) is 14.4. The first-order valence-corrected chi connectivity index (χ1v) is 23.3. The Balaban J connectivity index is 0.962. The summed E-state index contributed by atoms with van der Waals surface area (Å²) in [6.07, 6.45) is 0. The van der Waals surface area contributed by atoms with Crippen LogP contribution >= 0.6 is 0 Å². The van der Waals surface area contributed by atoms with Crippen molar-refractivity contribution in [2.24, 2.45) is 0 Å². The van der Waals surface area contributed by atoms with Crippen LogP contribution in [0.3, 0.4) is 0 Å². The van der Waals surface area contributed by atoms with E-state index < -0.39 is 0 Å². The van der Waals surface area contributed by atoms with Gasteiger partial charge in [0, 0.05) is 27.5 Å². The lowest BCUT2D eigenvalue weighted by Gasteiger charge is -2.27. The zero-order valence-electron chi connectivity index (χ0n) is 37.7. The monoisotopic (exact) mass is 844 g/mol. The van der Waals surface area contributed by atoms with E-state index in [0.717, 1.165) is 16.6 Å². The van der Waals surface area contributed by atoms with Crippen molar-refractivity contribution in [3.63, 3.8) is 0 Å². The van der Waals surface area contributed by atoms with Crippen LogP contribution in [0, 0.1) is 0 Å². The Labute approximate surface area is 386 Å². The Morgan fingerprint density at radius 1 is 0.318 bits per heavy atom. The van der Waals surface area contributed by atoms with Gasteiger partial charge in [-0.2, -0.15) is 0 Å². The van der Waals surface area contributed by atoms with Crippen molar-refractivity contribution in [2.45, 2.75) is 44.4 Å². The highest BCUT2D eigenvalue weighted by atomic mass is 16.3. The van der Waals surface area contributed by atoms with Gasteiger partial charge in [-0.1, -0.05) is 210 Å². The molecule has 1 heteroatoms. The third kappa shape index (κ3) is 5.86. The summed E-state index contributed by atoms with van der Waals surface area (Å²) in [5.41, 5.74) is 23.6. The summed E-state index contributed by atoms with van der Waals surface area (Å²) in [5.74, 6) is -0.0123. The van der Waals surface area contributed by atoms with Gasteiger partial charge in [0.25, 0.3) is 0 Å². The molecule has 0 radical (unpaired) electrons. The van der Waals surface area contributed by atoms with Crippen molar-refractivity contribution in [1.82, 2.24) is 0 Å². The molecule has 2 aliphatic carbocycles. The van der Waals surface area contributed by atoms with Crippen LogP contribution in [0.2, 0.25) is 0 Å². The van der Waals surface area contributed by atoms with E-state index in [9.17, 15) is 0 Å². The van der Waals surface area contributed by atoms with Crippen LogP contribution in [-0.4, -0.2) is 0 Å². The second-order valence-electron chi connectivity index (χ2n) is 19.6. The third-order valence-electron chi connectivity index (χ3n) is 15.2. The van der Waals surface area contributed by atoms with Crippen LogP contribution in [-0.2, 0) is 10.8 Å². The lowest BCUT2D eigenvalue weighted by Crippen LogP contribution is -2.17. The molecule has 13 rings (SSSR count). The zero-order chi connectivity index (χ0) is 44.3. The van der Waals surface area contributed by atoms with Crippen molar-refractivity contribution in [3.8, 4) is 55.6 Å². The summed E-state index contributed by atoms with van der Waals surface area (Å²) in [6.45, 7) is 9.63. The quantitative estimate of drug-likeness (QED) is 0.152. The third-order valence-corrected chi connectivity index (χ3v) is 15.2. The van der Waals surface area contributed by atoms with E-state index in [-0.39, 0.29) is 16.7 Å². The number of furan rings is 1. The molecule has 0 saturated carbocycles. The van der Waals surface area contributed by atoms with Gasteiger partial charge >= 0.3 is 0 Å². The molecule has 0 aliphatic heterocycles. The van der Waals surface area contributed by atoms with E-state index >= 15 is 0 Å². The summed E-state index contributed by atoms with van der Waals surface area (Å²) in [4.78, 5) is 0. The van der Waals surface area contributed by atoms with E-state index in [1.165, 1.54) is 111 Å². The molecule has 1 nitrogen and oxygen atoms in total. The fourth-order valence-corrected chi connectivity index (χ4v) is 11.7. The fraction of sp³-hybridized carbons (Fsp3) is 0.108. The summed E-state index contributed by atoms with van der Waals surface area (Å²) in [6, 6.07) is 79.2. The SMILES string of the molecule is CC1(C)c2cc(-c3ccccc3)ccc2-c2ccc(C(c3cccc(-c4ccc5oc6ccc7ccccc7c6c5c4)c3)c3ccc4c(c3)C(C)(C)c3cc(-c5ccccc5)ccc3-4)cc21. The van der Waals surface area contributed by atoms with Gasteiger partial charge in [0.2, 0.25) is 0 Å². The number of fused-ring (bicyclic) bond motifs is 11. The number of hydrogen-bond donors (Lipinski definition) is 0. The first kappa shape index (κ1) is 38.7. The molecule has 10 aromatic carbocycles. The van der Waals surface area contributed by atoms with Gasteiger partial charge in [0.05, 0.1) is 0 Å². The highest BCUT2D eigenvalue weighted by Gasteiger charge is 2.39. The lowest BCUT2D eigenvalue weighted by atomic mass is 9.76. The molecular formula is C65H48O. The van der Waals surface area contributed by atoms with Crippen molar-refractivity contribution < 1.29 is 4.42 Å². The maximum absolute atomic E-state index is 6.44. The topological polar surface area (TPSA) is 13.1 Å². The fourth-order valence-electron chi connectivity index (χ4n) is 11.7. The maximum Gasteiger partial charge on any atom is 0.136 e. The van der Waals surface area contributed by atoms with Gasteiger partial charge in [0.1, 0.15) is 11.2 Å². The predicted molar refractivity (Wildman–Crippen MR) is 276 cm³/mol. The highest BCUT2D eigenvalue weighted by Crippen LogP contribution is 2.53. The Hall–Kier alpha value is -7.74. The molecule has 0 bridgehead atoms. The summed E-state index contributed by atoms with van der Waals surface area (Å²) >= 11 is 0. The van der Waals surface area contributed by atoms with Gasteiger partial charge in [-0.05, 0) is 136 Å². The Morgan fingerprint density at radius 3 is 1.38 bits per heavy atom. The van der Waals surface area contributed by atoms with E-state index in [4.69, 9.17) is 4.42 Å². The van der Waals surface area contributed by atoms with Gasteiger partial charge in [-0.15, -0.1) is 0 Å². The van der Waals surface area contributed by atoms with Crippen LogP contribution in [0.15, 0.2) is 217 Å². The first-order valence-electron chi connectivity index (χ1n) is 23.3. The predicted octanol–water partition coefficient (Wildman–Crippen LogP) is 17.5. The Morgan fingerprint density at radius 2 is 0.773 bits per heavy atom. The molecule has 0 atom stereocenters. The molecule has 0 spiro atoms. The smallest absolute Gasteiger partial charge is 0.136 e. The van der Waals surface area contributed by atoms with Gasteiger partial charge in [-0.3, -0.25) is 0 Å². The van der Waals surface area contributed by atoms with Crippen LogP contribution in [0.4, 0.5) is 0 Å². The van der Waals surface area contributed by atoms with E-state index in [1.54, 1.807) is 0 Å². The molecule has 1 heterocycles. The molecule has 0 unspecified atom stereocenters. The van der Waals surface area contributed by atoms with Gasteiger partial charge in [0.15, 0.2) is 0 Å². The molecule has 0 fully saturated rings. The molecule has 314 valence electrons. The summed E-state index contributed by atoms with van der Waals surface area (Å²) in [7, 11) is 0. The average molecular weight is 845 g/mol. The van der Waals surface area contributed by atoms with E-state index in [2.05, 4.69) is 240 Å². The minimum Gasteiger partial charge on any atom is -0.456 e. The standard InChI is InChI=1S/C65H48O/c1-64(2)56-36-45(40-14-7-5-8-15-40)22-28-51(56)53-30-24-48(38-58(53)64)62(49-25-31-54-52-29-23-46(41-16-9-6-10-17-41)37-57(52)65(3,4)59(54)39-49)47-20-13-19-43(34-47)44-27-32-60-55(35-44)63-50-21-12-11-18-42(50)26-33-61(63)66-60/h5-39,62H,1-4H3. The van der Waals surface area contributed by atoms with E-state index in [0.29, 0.717) is 0 Å². The van der Waals surface area contributed by atoms with Gasteiger partial charge < -0.3 is 4.42 Å². The highest BCUT2D eigenvalue weighted by molar-refractivity contribution is 6.19. The van der Waals surface area contributed by atoms with Crippen LogP contribution < -0.4 is 0 Å². The molecule has 66 heavy (non-hydrogen) atoms. The molecule has 0 amide bonds. The second-order valence-corrected chi connectivity index (χ2v) is 19.6. The largest absolute Gasteiger partial charge is 0.456 e. The van der Waals surface area contributed by atoms with Crippen LogP contribution in [0.5, 0.6) is 0 Å². The van der Waals surface area contributed by atoms with E-state index in [1.807, 2.05) is 0 Å². The zero-order valence-corrected chi connectivity index (χ0v) is 37.7. The van der Waals surface area contributed by atoms with Crippen molar-refractivity contribution in [1.29, 1.82) is 0 Å². The average Bonchev–Trinajstić information content (AvgIpc) is 3.93. The number of rotatable bonds is 6. The molecule has 0 saturated heterocycles. The van der Waals surface area contributed by atoms with Crippen LogP contribution in [0.1, 0.15) is 72.6 Å². The summed E-state index contributed by atoms with van der Waals surface area (Å²) in [5, 5.41) is 4.76. The number of benzene rings is 10. The van der Waals surface area contributed by atoms with Crippen molar-refractivity contribution >= 4 is 32.7 Å². The van der Waals surface area contributed by atoms with Crippen molar-refractivity contribution in [3.05, 3.63) is 251 Å². The maximum atomic E-state index is 6.44. The minimum absolute atomic E-state index is 0.0123. The first-order chi connectivity index (χ1) is 32.2. The molecular weight excluding hydrogens is 797 g/mol. The van der Waals surface area contributed by atoms with Crippen LogP contribution in [0.25, 0.3) is 88.3 Å². The Bertz CT molecular complexity index is 3600. The van der Waals surface area contributed by atoms with Crippen molar-refractivity contribution in [2.75, 3.05) is 0 Å². The lowest BCUT2D eigenvalue weighted by molar-refractivity contribution is 0.657. The molecule has 0 N–H and O–H groups in total. The normalized spacial score (nSPS) is 14.1. The molecule has 1 aromatic heterocycles. The minimum atomic E-state index is -0.178. The molecule has 11 aromatic rings.